The van der Waals surface area contributed by atoms with Crippen LogP contribution in [0, 0.1) is 5.82 Å². The molecule has 110 valence electrons. The van der Waals surface area contributed by atoms with Gasteiger partial charge in [-0.1, -0.05) is 6.07 Å². The third-order valence-corrected chi connectivity index (χ3v) is 2.56. The van der Waals surface area contributed by atoms with E-state index in [1.807, 2.05) is 0 Å². The summed E-state index contributed by atoms with van der Waals surface area (Å²) in [7, 11) is 0. The van der Waals surface area contributed by atoms with E-state index in [2.05, 4.69) is 0 Å². The minimum Gasteiger partial charge on any atom is -0.478 e. The lowest BCUT2D eigenvalue weighted by molar-refractivity contribution is -0.137. The van der Waals surface area contributed by atoms with E-state index >= 15 is 0 Å². The molecule has 3 nitrogen and oxygen atoms in total. The van der Waals surface area contributed by atoms with E-state index in [9.17, 15) is 22.4 Å². The fourth-order valence-electron chi connectivity index (χ4n) is 1.62. The van der Waals surface area contributed by atoms with E-state index in [0.717, 1.165) is 18.2 Å². The number of carbonyl (C=O) groups is 1. The van der Waals surface area contributed by atoms with Crippen molar-refractivity contribution in [3.8, 4) is 11.5 Å². The SMILES string of the molecule is O=C(O)c1cc(C(F)(F)F)ccc1Oc1cccc(F)c1. The second-order valence-corrected chi connectivity index (χ2v) is 4.07. The minimum absolute atomic E-state index is 0.0164. The lowest BCUT2D eigenvalue weighted by Gasteiger charge is -2.12. The van der Waals surface area contributed by atoms with Gasteiger partial charge in [0.25, 0.3) is 0 Å². The third kappa shape index (κ3) is 3.50. The zero-order valence-electron chi connectivity index (χ0n) is 10.3. The average Bonchev–Trinajstić information content (AvgIpc) is 2.37. The summed E-state index contributed by atoms with van der Waals surface area (Å²) < 4.78 is 55.8. The quantitative estimate of drug-likeness (QED) is 0.858. The van der Waals surface area contributed by atoms with Gasteiger partial charge in [-0.05, 0) is 30.3 Å². The van der Waals surface area contributed by atoms with Gasteiger partial charge < -0.3 is 9.84 Å². The fourth-order valence-corrected chi connectivity index (χ4v) is 1.62. The molecule has 1 N–H and O–H groups in total. The highest BCUT2D eigenvalue weighted by Crippen LogP contribution is 2.34. The Hall–Kier alpha value is -2.57. The van der Waals surface area contributed by atoms with Gasteiger partial charge in [0.2, 0.25) is 0 Å². The molecule has 0 heterocycles. The molecule has 0 fully saturated rings. The number of benzene rings is 2. The maximum atomic E-state index is 13.0. The molecule has 21 heavy (non-hydrogen) atoms. The number of carboxylic acids is 1. The molecule has 0 saturated carbocycles. The van der Waals surface area contributed by atoms with Crippen LogP contribution in [0.15, 0.2) is 42.5 Å². The number of hydrogen-bond donors (Lipinski definition) is 1. The summed E-state index contributed by atoms with van der Waals surface area (Å²) in [6.45, 7) is 0. The summed E-state index contributed by atoms with van der Waals surface area (Å²) in [6, 6.07) is 6.87. The topological polar surface area (TPSA) is 46.5 Å². The van der Waals surface area contributed by atoms with Crippen LogP contribution >= 0.6 is 0 Å². The van der Waals surface area contributed by atoms with Crippen molar-refractivity contribution in [3.05, 3.63) is 59.4 Å². The minimum atomic E-state index is -4.67. The third-order valence-electron chi connectivity index (χ3n) is 2.56. The van der Waals surface area contributed by atoms with Crippen molar-refractivity contribution < 1.29 is 32.2 Å². The highest BCUT2D eigenvalue weighted by atomic mass is 19.4. The van der Waals surface area contributed by atoms with E-state index < -0.39 is 29.1 Å². The molecule has 0 aliphatic carbocycles. The molecular formula is C14H8F4O3. The van der Waals surface area contributed by atoms with Gasteiger partial charge in [-0.15, -0.1) is 0 Å². The fraction of sp³-hybridized carbons (Fsp3) is 0.0714. The molecule has 2 aromatic rings. The van der Waals surface area contributed by atoms with E-state index in [-0.39, 0.29) is 11.5 Å². The molecule has 7 heteroatoms. The van der Waals surface area contributed by atoms with Crippen LogP contribution < -0.4 is 4.74 Å². The Bertz CT molecular complexity index is 680. The van der Waals surface area contributed by atoms with Gasteiger partial charge in [0.15, 0.2) is 0 Å². The summed E-state index contributed by atoms with van der Waals surface area (Å²) in [6.07, 6.45) is -4.67. The zero-order valence-corrected chi connectivity index (χ0v) is 10.3. The molecule has 0 atom stereocenters. The second kappa shape index (κ2) is 5.43. The first-order chi connectivity index (χ1) is 9.77. The molecule has 0 aliphatic rings. The van der Waals surface area contributed by atoms with E-state index in [0.29, 0.717) is 12.1 Å². The van der Waals surface area contributed by atoms with Gasteiger partial charge in [-0.25, -0.2) is 9.18 Å². The predicted octanol–water partition coefficient (Wildman–Crippen LogP) is 4.34. The number of halogens is 4. The van der Waals surface area contributed by atoms with Crippen LogP contribution in [0.3, 0.4) is 0 Å². The van der Waals surface area contributed by atoms with Crippen molar-refractivity contribution in [3.63, 3.8) is 0 Å². The van der Waals surface area contributed by atoms with Gasteiger partial charge >= 0.3 is 12.1 Å². The summed E-state index contributed by atoms with van der Waals surface area (Å²) >= 11 is 0. The molecule has 0 bridgehead atoms. The Kier molecular flexibility index (Phi) is 3.84. The number of rotatable bonds is 3. The van der Waals surface area contributed by atoms with Gasteiger partial charge in [-0.2, -0.15) is 13.2 Å². The number of ether oxygens (including phenoxy) is 1. The van der Waals surface area contributed by atoms with Gasteiger partial charge in [0, 0.05) is 6.07 Å². The van der Waals surface area contributed by atoms with Crippen LogP contribution in [-0.4, -0.2) is 11.1 Å². The maximum Gasteiger partial charge on any atom is 0.416 e. The highest BCUT2D eigenvalue weighted by molar-refractivity contribution is 5.91. The highest BCUT2D eigenvalue weighted by Gasteiger charge is 2.32. The molecule has 2 aromatic carbocycles. The number of carboxylic acid groups (broad SMARTS) is 1. The Labute approximate surface area is 116 Å². The number of hydrogen-bond acceptors (Lipinski definition) is 2. The van der Waals surface area contributed by atoms with E-state index in [1.165, 1.54) is 12.1 Å². The van der Waals surface area contributed by atoms with Crippen LogP contribution in [0.1, 0.15) is 15.9 Å². The lowest BCUT2D eigenvalue weighted by Crippen LogP contribution is -2.08. The molecule has 0 saturated heterocycles. The van der Waals surface area contributed by atoms with Crippen LogP contribution in [0.25, 0.3) is 0 Å². The van der Waals surface area contributed by atoms with Crippen LogP contribution in [0.4, 0.5) is 17.6 Å². The largest absolute Gasteiger partial charge is 0.478 e. The predicted molar refractivity (Wildman–Crippen MR) is 64.9 cm³/mol. The Morgan fingerprint density at radius 2 is 1.81 bits per heavy atom. The molecular weight excluding hydrogens is 292 g/mol. The van der Waals surface area contributed by atoms with Crippen LogP contribution in [-0.2, 0) is 6.18 Å². The molecule has 0 aromatic heterocycles. The standard InChI is InChI=1S/C14H8F4O3/c15-9-2-1-3-10(7-9)21-12-5-4-8(14(16,17)18)6-11(12)13(19)20/h1-7H,(H,19,20). The monoisotopic (exact) mass is 300 g/mol. The van der Waals surface area contributed by atoms with Gasteiger partial charge in [0.05, 0.1) is 5.56 Å². The smallest absolute Gasteiger partial charge is 0.416 e. The molecule has 0 unspecified atom stereocenters. The van der Waals surface area contributed by atoms with Crippen molar-refractivity contribution in [2.75, 3.05) is 0 Å². The first-order valence-electron chi connectivity index (χ1n) is 5.65. The van der Waals surface area contributed by atoms with Gasteiger partial charge in [-0.3, -0.25) is 0 Å². The van der Waals surface area contributed by atoms with Crippen molar-refractivity contribution >= 4 is 5.97 Å². The Morgan fingerprint density at radius 3 is 2.38 bits per heavy atom. The first-order valence-corrected chi connectivity index (χ1v) is 5.65. The summed E-state index contributed by atoms with van der Waals surface area (Å²) in [5, 5.41) is 8.97. The normalized spacial score (nSPS) is 11.2. The molecule has 0 spiro atoms. The summed E-state index contributed by atoms with van der Waals surface area (Å²) in [5.41, 5.74) is -1.76. The maximum absolute atomic E-state index is 13.0. The van der Waals surface area contributed by atoms with E-state index in [1.54, 1.807) is 0 Å². The molecule has 0 aliphatic heterocycles. The molecule has 0 amide bonds. The zero-order chi connectivity index (χ0) is 15.6. The molecule has 0 radical (unpaired) electrons. The summed E-state index contributed by atoms with van der Waals surface area (Å²) in [5.74, 6) is -2.51. The Balaban J connectivity index is 2.42. The van der Waals surface area contributed by atoms with Crippen molar-refractivity contribution in [1.82, 2.24) is 0 Å². The van der Waals surface area contributed by atoms with Crippen molar-refractivity contribution in [1.29, 1.82) is 0 Å². The first kappa shape index (κ1) is 14.8. The van der Waals surface area contributed by atoms with Crippen molar-refractivity contribution in [2.45, 2.75) is 6.18 Å². The average molecular weight is 300 g/mol. The van der Waals surface area contributed by atoms with E-state index in [4.69, 9.17) is 9.84 Å². The van der Waals surface area contributed by atoms with Crippen molar-refractivity contribution in [2.24, 2.45) is 0 Å². The summed E-state index contributed by atoms with van der Waals surface area (Å²) in [4.78, 5) is 11.0. The lowest BCUT2D eigenvalue weighted by atomic mass is 10.1. The number of aromatic carboxylic acids is 1. The second-order valence-electron chi connectivity index (χ2n) is 4.07. The number of alkyl halides is 3. The van der Waals surface area contributed by atoms with Crippen LogP contribution in [0.5, 0.6) is 11.5 Å². The Morgan fingerprint density at radius 1 is 1.10 bits per heavy atom. The van der Waals surface area contributed by atoms with Gasteiger partial charge in [0.1, 0.15) is 22.9 Å². The van der Waals surface area contributed by atoms with Crippen LogP contribution in [0.2, 0.25) is 0 Å². The molecule has 2 rings (SSSR count).